The summed E-state index contributed by atoms with van der Waals surface area (Å²) >= 11 is 0. The van der Waals surface area contributed by atoms with Crippen molar-refractivity contribution in [3.05, 3.63) is 59.7 Å². The minimum absolute atomic E-state index is 0.00706. The Bertz CT molecular complexity index is 607. The lowest BCUT2D eigenvalue weighted by Crippen LogP contribution is -2.11. The average Bonchev–Trinajstić information content (AvgIpc) is 2.48. The standard InChI is InChI=1S/C15H12O6/c16-14(17)10-5-1-3-7-12(10)20-9-21-13-8-4-2-6-11(13)15(18)19/h1-8H,9H2,(H,16,17)(H,18,19). The highest BCUT2D eigenvalue weighted by atomic mass is 16.7. The molecule has 2 aromatic rings. The monoisotopic (exact) mass is 288 g/mol. The van der Waals surface area contributed by atoms with Gasteiger partial charge in [0.2, 0.25) is 6.79 Å². The van der Waals surface area contributed by atoms with E-state index < -0.39 is 11.9 Å². The smallest absolute Gasteiger partial charge is 0.339 e. The van der Waals surface area contributed by atoms with Crippen molar-refractivity contribution in [1.29, 1.82) is 0 Å². The van der Waals surface area contributed by atoms with E-state index in [2.05, 4.69) is 0 Å². The summed E-state index contributed by atoms with van der Waals surface area (Å²) in [5.74, 6) is -1.93. The van der Waals surface area contributed by atoms with Gasteiger partial charge >= 0.3 is 11.9 Å². The molecule has 2 aromatic carbocycles. The van der Waals surface area contributed by atoms with Crippen molar-refractivity contribution in [2.45, 2.75) is 0 Å². The molecule has 0 aliphatic heterocycles. The van der Waals surface area contributed by atoms with Crippen molar-refractivity contribution in [2.75, 3.05) is 6.79 Å². The zero-order valence-electron chi connectivity index (χ0n) is 10.9. The minimum atomic E-state index is -1.11. The average molecular weight is 288 g/mol. The van der Waals surface area contributed by atoms with Gasteiger partial charge in [-0.25, -0.2) is 9.59 Å². The van der Waals surface area contributed by atoms with Gasteiger partial charge in [-0.3, -0.25) is 0 Å². The Morgan fingerprint density at radius 3 is 1.52 bits per heavy atom. The second-order valence-corrected chi connectivity index (χ2v) is 4.01. The molecule has 0 atom stereocenters. The van der Waals surface area contributed by atoms with Crippen LogP contribution in [-0.4, -0.2) is 28.9 Å². The van der Waals surface area contributed by atoms with Crippen LogP contribution in [0.1, 0.15) is 20.7 Å². The first-order valence-corrected chi connectivity index (χ1v) is 6.00. The van der Waals surface area contributed by atoms with Crippen molar-refractivity contribution >= 4 is 11.9 Å². The van der Waals surface area contributed by atoms with E-state index in [1.54, 1.807) is 24.3 Å². The zero-order valence-corrected chi connectivity index (χ0v) is 10.9. The Labute approximate surface area is 120 Å². The van der Waals surface area contributed by atoms with Gasteiger partial charge in [0.1, 0.15) is 22.6 Å². The summed E-state index contributed by atoms with van der Waals surface area (Å²) in [6.45, 7) is -0.297. The number of hydrogen-bond acceptors (Lipinski definition) is 4. The highest BCUT2D eigenvalue weighted by Crippen LogP contribution is 2.20. The third kappa shape index (κ3) is 3.50. The van der Waals surface area contributed by atoms with Crippen LogP contribution >= 0.6 is 0 Å². The molecule has 0 saturated carbocycles. The van der Waals surface area contributed by atoms with Gasteiger partial charge < -0.3 is 19.7 Å². The predicted octanol–water partition coefficient (Wildman–Crippen LogP) is 2.50. The predicted molar refractivity (Wildman–Crippen MR) is 72.9 cm³/mol. The summed E-state index contributed by atoms with van der Waals surface area (Å²) in [6.07, 6.45) is 0. The number of carbonyl (C=O) groups is 2. The van der Waals surface area contributed by atoms with Crippen molar-refractivity contribution in [2.24, 2.45) is 0 Å². The lowest BCUT2D eigenvalue weighted by Gasteiger charge is -2.11. The fourth-order valence-electron chi connectivity index (χ4n) is 1.69. The fraction of sp³-hybridized carbons (Fsp3) is 0.0667. The summed E-state index contributed by atoms with van der Waals surface area (Å²) in [5.41, 5.74) is 0.0141. The number of rotatable bonds is 6. The molecule has 2 rings (SSSR count). The molecular weight excluding hydrogens is 276 g/mol. The van der Waals surface area contributed by atoms with Gasteiger partial charge in [0.15, 0.2) is 0 Å². The second kappa shape index (κ2) is 6.42. The first-order chi connectivity index (χ1) is 10.1. The zero-order chi connectivity index (χ0) is 15.2. The van der Waals surface area contributed by atoms with E-state index in [9.17, 15) is 9.59 Å². The minimum Gasteiger partial charge on any atom is -0.478 e. The van der Waals surface area contributed by atoms with Crippen LogP contribution in [0.4, 0.5) is 0 Å². The third-order valence-corrected chi connectivity index (χ3v) is 2.66. The molecule has 0 saturated heterocycles. The van der Waals surface area contributed by atoms with Crippen LogP contribution in [0.15, 0.2) is 48.5 Å². The maximum atomic E-state index is 11.0. The van der Waals surface area contributed by atoms with E-state index in [1.807, 2.05) is 0 Å². The molecule has 0 amide bonds. The van der Waals surface area contributed by atoms with E-state index in [1.165, 1.54) is 24.3 Å². The molecule has 0 aliphatic carbocycles. The second-order valence-electron chi connectivity index (χ2n) is 4.01. The van der Waals surface area contributed by atoms with Gasteiger partial charge in [0.05, 0.1) is 0 Å². The van der Waals surface area contributed by atoms with Crippen molar-refractivity contribution < 1.29 is 29.3 Å². The highest BCUT2D eigenvalue weighted by molar-refractivity contribution is 5.91. The molecule has 6 heteroatoms. The lowest BCUT2D eigenvalue weighted by molar-refractivity contribution is 0.0680. The normalized spacial score (nSPS) is 9.90. The molecule has 0 fully saturated rings. The van der Waals surface area contributed by atoms with Crippen LogP contribution in [-0.2, 0) is 0 Å². The molecular formula is C15H12O6. The molecule has 0 spiro atoms. The summed E-state index contributed by atoms with van der Waals surface area (Å²) in [5, 5.41) is 18.0. The molecule has 6 nitrogen and oxygen atoms in total. The van der Waals surface area contributed by atoms with E-state index in [-0.39, 0.29) is 29.4 Å². The molecule has 21 heavy (non-hydrogen) atoms. The first-order valence-electron chi connectivity index (χ1n) is 6.00. The number of carboxylic acid groups (broad SMARTS) is 2. The summed E-state index contributed by atoms with van der Waals surface area (Å²) in [4.78, 5) is 22.0. The molecule has 108 valence electrons. The van der Waals surface area contributed by atoms with E-state index >= 15 is 0 Å². The highest BCUT2D eigenvalue weighted by Gasteiger charge is 2.12. The van der Waals surface area contributed by atoms with Crippen LogP contribution in [0.3, 0.4) is 0 Å². The Kier molecular flexibility index (Phi) is 4.40. The lowest BCUT2D eigenvalue weighted by atomic mass is 10.2. The third-order valence-electron chi connectivity index (χ3n) is 2.66. The number of hydrogen-bond donors (Lipinski definition) is 2. The fourth-order valence-corrected chi connectivity index (χ4v) is 1.69. The van der Waals surface area contributed by atoms with Crippen LogP contribution in [0.2, 0.25) is 0 Å². The number of benzene rings is 2. The number of carboxylic acids is 2. The number of ether oxygens (including phenoxy) is 2. The Morgan fingerprint density at radius 2 is 1.14 bits per heavy atom. The molecule has 0 radical (unpaired) electrons. The Balaban J connectivity index is 2.06. The summed E-state index contributed by atoms with van der Waals surface area (Å²) in [7, 11) is 0. The van der Waals surface area contributed by atoms with Gasteiger partial charge in [-0.05, 0) is 24.3 Å². The molecule has 0 bridgehead atoms. The van der Waals surface area contributed by atoms with Crippen molar-refractivity contribution in [1.82, 2.24) is 0 Å². The summed E-state index contributed by atoms with van der Waals surface area (Å²) < 4.78 is 10.5. The largest absolute Gasteiger partial charge is 0.478 e. The van der Waals surface area contributed by atoms with Crippen molar-refractivity contribution in [3.8, 4) is 11.5 Å². The van der Waals surface area contributed by atoms with Gasteiger partial charge in [0.25, 0.3) is 0 Å². The number of para-hydroxylation sites is 2. The molecule has 0 aliphatic rings. The Morgan fingerprint density at radius 1 is 0.762 bits per heavy atom. The molecule has 0 heterocycles. The van der Waals surface area contributed by atoms with Crippen LogP contribution in [0.5, 0.6) is 11.5 Å². The van der Waals surface area contributed by atoms with Crippen molar-refractivity contribution in [3.63, 3.8) is 0 Å². The van der Waals surface area contributed by atoms with Gasteiger partial charge in [-0.1, -0.05) is 24.3 Å². The van der Waals surface area contributed by atoms with Gasteiger partial charge in [0, 0.05) is 0 Å². The van der Waals surface area contributed by atoms with Gasteiger partial charge in [-0.2, -0.15) is 0 Å². The van der Waals surface area contributed by atoms with Gasteiger partial charge in [-0.15, -0.1) is 0 Å². The molecule has 0 unspecified atom stereocenters. The van der Waals surface area contributed by atoms with E-state index in [0.717, 1.165) is 0 Å². The maximum absolute atomic E-state index is 11.0. The van der Waals surface area contributed by atoms with Crippen LogP contribution in [0, 0.1) is 0 Å². The first kappa shape index (κ1) is 14.4. The SMILES string of the molecule is O=C(O)c1ccccc1OCOc1ccccc1C(=O)O. The van der Waals surface area contributed by atoms with Crippen LogP contribution in [0.25, 0.3) is 0 Å². The van der Waals surface area contributed by atoms with E-state index in [0.29, 0.717) is 0 Å². The Hall–Kier alpha value is -3.02. The van der Waals surface area contributed by atoms with E-state index in [4.69, 9.17) is 19.7 Å². The quantitative estimate of drug-likeness (QED) is 0.793. The maximum Gasteiger partial charge on any atom is 0.339 e. The number of aromatic carboxylic acids is 2. The molecule has 0 aromatic heterocycles. The van der Waals surface area contributed by atoms with Crippen LogP contribution < -0.4 is 9.47 Å². The summed E-state index contributed by atoms with van der Waals surface area (Å²) in [6, 6.07) is 12.2. The topological polar surface area (TPSA) is 93.1 Å². The molecule has 2 N–H and O–H groups in total.